The van der Waals surface area contributed by atoms with Gasteiger partial charge in [0.15, 0.2) is 0 Å². The minimum Gasteiger partial charge on any atom is -0.398 e. The molecule has 4 nitrogen and oxygen atoms in total. The molecule has 0 unspecified atom stereocenters. The van der Waals surface area contributed by atoms with Crippen LogP contribution in [0.4, 0.5) is 11.4 Å². The molecule has 0 spiro atoms. The number of anilines is 1. The number of nitrogen functional groups attached to an aromatic ring is 1. The molecule has 2 N–H and O–H groups in total. The minimum atomic E-state index is -0.469. The highest BCUT2D eigenvalue weighted by Gasteiger charge is 2.14. The molecule has 0 amide bonds. The molecule has 5 heteroatoms. The molecule has 2 aromatic rings. The van der Waals surface area contributed by atoms with Crippen LogP contribution in [0.25, 0.3) is 5.57 Å². The van der Waals surface area contributed by atoms with E-state index in [4.69, 9.17) is 17.3 Å². The monoisotopic (exact) mass is 274 g/mol. The third kappa shape index (κ3) is 2.58. The Labute approximate surface area is 115 Å². The number of hydrogen-bond acceptors (Lipinski definition) is 3. The molecule has 19 heavy (non-hydrogen) atoms. The quantitative estimate of drug-likeness (QED) is 0.524. The molecule has 0 atom stereocenters. The molecule has 96 valence electrons. The second kappa shape index (κ2) is 5.12. The summed E-state index contributed by atoms with van der Waals surface area (Å²) in [6, 6.07) is 11.4. The molecule has 2 aromatic carbocycles. The van der Waals surface area contributed by atoms with E-state index in [2.05, 4.69) is 6.58 Å². The van der Waals surface area contributed by atoms with Gasteiger partial charge >= 0.3 is 0 Å². The van der Waals surface area contributed by atoms with Crippen molar-refractivity contribution in [1.29, 1.82) is 0 Å². The van der Waals surface area contributed by atoms with Gasteiger partial charge < -0.3 is 5.73 Å². The lowest BCUT2D eigenvalue weighted by molar-refractivity contribution is -0.384. The topological polar surface area (TPSA) is 69.2 Å². The van der Waals surface area contributed by atoms with Gasteiger partial charge in [-0.05, 0) is 17.7 Å². The Bertz CT molecular complexity index is 668. The van der Waals surface area contributed by atoms with Crippen molar-refractivity contribution in [2.75, 3.05) is 5.73 Å². The van der Waals surface area contributed by atoms with Crippen molar-refractivity contribution in [1.82, 2.24) is 0 Å². The van der Waals surface area contributed by atoms with Gasteiger partial charge in [0.05, 0.1) is 4.92 Å². The zero-order valence-corrected chi connectivity index (χ0v) is 10.7. The smallest absolute Gasteiger partial charge is 0.270 e. The standard InChI is InChI=1S/C14H11ClN2O2/c1-9(11-4-2-3-5-13(11)15)12-8-10(17(18)19)6-7-14(12)16/h2-8H,1,16H2. The van der Waals surface area contributed by atoms with E-state index in [1.807, 2.05) is 6.07 Å². The van der Waals surface area contributed by atoms with E-state index in [9.17, 15) is 10.1 Å². The fourth-order valence-electron chi connectivity index (χ4n) is 1.77. The third-order valence-corrected chi connectivity index (χ3v) is 3.10. The third-order valence-electron chi connectivity index (χ3n) is 2.77. The van der Waals surface area contributed by atoms with Crippen molar-refractivity contribution in [3.05, 3.63) is 75.3 Å². The lowest BCUT2D eigenvalue weighted by atomic mass is 9.97. The molecule has 0 saturated carbocycles. The average Bonchev–Trinajstić information content (AvgIpc) is 2.38. The van der Waals surface area contributed by atoms with Crippen molar-refractivity contribution >= 4 is 28.5 Å². The largest absolute Gasteiger partial charge is 0.398 e. The Balaban J connectivity index is 2.53. The fraction of sp³-hybridized carbons (Fsp3) is 0. The van der Waals surface area contributed by atoms with Crippen LogP contribution in [0.5, 0.6) is 0 Å². The molecule has 0 aromatic heterocycles. The van der Waals surface area contributed by atoms with Crippen LogP contribution >= 0.6 is 11.6 Å². The minimum absolute atomic E-state index is 0.0302. The van der Waals surface area contributed by atoms with Crippen LogP contribution < -0.4 is 5.73 Å². The molecule has 0 aliphatic carbocycles. The van der Waals surface area contributed by atoms with E-state index in [-0.39, 0.29) is 5.69 Å². The second-order valence-electron chi connectivity index (χ2n) is 3.99. The first-order chi connectivity index (χ1) is 9.00. The normalized spacial score (nSPS) is 10.2. The molecular weight excluding hydrogens is 264 g/mol. The van der Waals surface area contributed by atoms with E-state index in [1.54, 1.807) is 18.2 Å². The van der Waals surface area contributed by atoms with Crippen LogP contribution in [0.15, 0.2) is 49.0 Å². The Hall–Kier alpha value is -2.33. The fourth-order valence-corrected chi connectivity index (χ4v) is 2.02. The van der Waals surface area contributed by atoms with Crippen molar-refractivity contribution in [2.45, 2.75) is 0 Å². The molecule has 0 aliphatic rings. The van der Waals surface area contributed by atoms with E-state index in [0.717, 1.165) is 0 Å². The molecule has 0 bridgehead atoms. The summed E-state index contributed by atoms with van der Waals surface area (Å²) in [5, 5.41) is 11.3. The maximum Gasteiger partial charge on any atom is 0.270 e. The molecular formula is C14H11ClN2O2. The summed E-state index contributed by atoms with van der Waals surface area (Å²) in [6.07, 6.45) is 0. The molecule has 0 heterocycles. The first-order valence-corrected chi connectivity index (χ1v) is 5.86. The number of nitro groups is 1. The first kappa shape index (κ1) is 13.1. The maximum absolute atomic E-state index is 10.8. The van der Waals surface area contributed by atoms with Crippen molar-refractivity contribution in [3.63, 3.8) is 0 Å². The van der Waals surface area contributed by atoms with Gasteiger partial charge in [0.1, 0.15) is 0 Å². The Morgan fingerprint density at radius 3 is 2.53 bits per heavy atom. The summed E-state index contributed by atoms with van der Waals surface area (Å²) in [7, 11) is 0. The zero-order valence-electron chi connectivity index (χ0n) is 9.97. The number of nitrogens with two attached hydrogens (primary N) is 1. The average molecular weight is 275 g/mol. The van der Waals surface area contributed by atoms with Crippen molar-refractivity contribution in [2.24, 2.45) is 0 Å². The number of nitro benzene ring substituents is 1. The number of hydrogen-bond donors (Lipinski definition) is 1. The van der Waals surface area contributed by atoms with Gasteiger partial charge in [0.2, 0.25) is 0 Å². The number of nitrogens with zero attached hydrogens (tertiary/aromatic N) is 1. The summed E-state index contributed by atoms with van der Waals surface area (Å²) in [5.41, 5.74) is 8.03. The summed E-state index contributed by atoms with van der Waals surface area (Å²) in [5.74, 6) is 0. The summed E-state index contributed by atoms with van der Waals surface area (Å²) >= 11 is 6.09. The number of halogens is 1. The van der Waals surface area contributed by atoms with Crippen LogP contribution in [0.3, 0.4) is 0 Å². The van der Waals surface area contributed by atoms with E-state index >= 15 is 0 Å². The Morgan fingerprint density at radius 1 is 1.21 bits per heavy atom. The predicted molar refractivity (Wildman–Crippen MR) is 77.1 cm³/mol. The zero-order chi connectivity index (χ0) is 14.0. The van der Waals surface area contributed by atoms with E-state index in [1.165, 1.54) is 18.2 Å². The molecule has 0 aliphatic heterocycles. The van der Waals surface area contributed by atoms with Gasteiger partial charge in [-0.25, -0.2) is 0 Å². The molecule has 2 rings (SSSR count). The van der Waals surface area contributed by atoms with E-state index < -0.39 is 4.92 Å². The number of benzene rings is 2. The molecule has 0 fully saturated rings. The summed E-state index contributed by atoms with van der Waals surface area (Å²) < 4.78 is 0. The highest BCUT2D eigenvalue weighted by atomic mass is 35.5. The molecule has 0 radical (unpaired) electrons. The highest BCUT2D eigenvalue weighted by Crippen LogP contribution is 2.32. The van der Waals surface area contributed by atoms with Gasteiger partial charge in [-0.15, -0.1) is 0 Å². The van der Waals surface area contributed by atoms with Gasteiger partial charge in [-0.2, -0.15) is 0 Å². The second-order valence-corrected chi connectivity index (χ2v) is 4.39. The summed E-state index contributed by atoms with van der Waals surface area (Å²) in [4.78, 5) is 10.3. The number of rotatable bonds is 3. The van der Waals surface area contributed by atoms with Gasteiger partial charge in [-0.1, -0.05) is 36.4 Å². The Kier molecular flexibility index (Phi) is 3.53. The lowest BCUT2D eigenvalue weighted by Crippen LogP contribution is -1.97. The first-order valence-electron chi connectivity index (χ1n) is 5.49. The van der Waals surface area contributed by atoms with Gasteiger partial charge in [0, 0.05) is 34.0 Å². The maximum atomic E-state index is 10.8. The van der Waals surface area contributed by atoms with Crippen LogP contribution in [-0.2, 0) is 0 Å². The van der Waals surface area contributed by atoms with E-state index in [0.29, 0.717) is 27.4 Å². The predicted octanol–water partition coefficient (Wildman–Crippen LogP) is 3.89. The van der Waals surface area contributed by atoms with Crippen LogP contribution in [-0.4, -0.2) is 4.92 Å². The van der Waals surface area contributed by atoms with Crippen molar-refractivity contribution in [3.8, 4) is 0 Å². The van der Waals surface area contributed by atoms with Gasteiger partial charge in [0.25, 0.3) is 5.69 Å². The van der Waals surface area contributed by atoms with Gasteiger partial charge in [-0.3, -0.25) is 10.1 Å². The molecule has 0 saturated heterocycles. The van der Waals surface area contributed by atoms with Crippen LogP contribution in [0.1, 0.15) is 11.1 Å². The lowest BCUT2D eigenvalue weighted by Gasteiger charge is -2.10. The number of non-ortho nitro benzene ring substituents is 1. The Morgan fingerprint density at radius 2 is 1.89 bits per heavy atom. The van der Waals surface area contributed by atoms with Crippen molar-refractivity contribution < 1.29 is 4.92 Å². The summed E-state index contributed by atoms with van der Waals surface area (Å²) in [6.45, 7) is 3.93. The SMILES string of the molecule is C=C(c1cc([N+](=O)[O-])ccc1N)c1ccccc1Cl. The highest BCUT2D eigenvalue weighted by molar-refractivity contribution is 6.32. The van der Waals surface area contributed by atoms with Crippen LogP contribution in [0.2, 0.25) is 5.02 Å². The van der Waals surface area contributed by atoms with Crippen LogP contribution in [0, 0.1) is 10.1 Å².